The lowest BCUT2D eigenvalue weighted by Gasteiger charge is -2.06. The van der Waals surface area contributed by atoms with Crippen molar-refractivity contribution in [3.05, 3.63) is 57.1 Å². The van der Waals surface area contributed by atoms with Gasteiger partial charge in [-0.2, -0.15) is 0 Å². The summed E-state index contributed by atoms with van der Waals surface area (Å²) in [6, 6.07) is 10.2. The number of nitrogens with zero attached hydrogens (tertiary/aromatic N) is 2. The van der Waals surface area contributed by atoms with E-state index in [1.807, 2.05) is 12.1 Å². The standard InChI is InChI=1S/C15H13N3O2/c19-18(20)13-8-6-12(7-9-13)16-15-10-5-11-3-1-2-4-14(11)17-15/h3-10H,1-2H2,(H,16,17). The van der Waals surface area contributed by atoms with Crippen molar-refractivity contribution in [2.75, 3.05) is 5.32 Å². The Kier molecular flexibility index (Phi) is 3.16. The van der Waals surface area contributed by atoms with E-state index >= 15 is 0 Å². The molecule has 1 aliphatic rings. The number of aromatic nitrogens is 1. The van der Waals surface area contributed by atoms with Crippen molar-refractivity contribution in [2.45, 2.75) is 12.8 Å². The first-order valence-corrected chi connectivity index (χ1v) is 6.41. The maximum atomic E-state index is 10.6. The Morgan fingerprint density at radius 2 is 1.80 bits per heavy atom. The molecule has 0 bridgehead atoms. The van der Waals surface area contributed by atoms with Crippen molar-refractivity contribution < 1.29 is 4.92 Å². The van der Waals surface area contributed by atoms with Crippen LogP contribution >= 0.6 is 0 Å². The van der Waals surface area contributed by atoms with Gasteiger partial charge in [0.1, 0.15) is 5.82 Å². The number of benzene rings is 1. The molecule has 0 amide bonds. The number of rotatable bonds is 3. The van der Waals surface area contributed by atoms with Gasteiger partial charge in [0.25, 0.3) is 5.69 Å². The minimum Gasteiger partial charge on any atom is -0.340 e. The lowest BCUT2D eigenvalue weighted by atomic mass is 10.1. The van der Waals surface area contributed by atoms with E-state index in [4.69, 9.17) is 0 Å². The van der Waals surface area contributed by atoms with Crippen molar-refractivity contribution >= 4 is 29.3 Å². The predicted molar refractivity (Wildman–Crippen MR) is 78.0 cm³/mol. The van der Waals surface area contributed by atoms with E-state index in [2.05, 4.69) is 22.5 Å². The minimum absolute atomic E-state index is 0.0804. The number of non-ortho nitro benzene ring substituents is 1. The number of nitrogens with one attached hydrogen (secondary N) is 1. The fourth-order valence-corrected chi connectivity index (χ4v) is 2.16. The fourth-order valence-electron chi connectivity index (χ4n) is 2.16. The number of anilines is 2. The maximum absolute atomic E-state index is 10.6. The maximum Gasteiger partial charge on any atom is 0.269 e. The quantitative estimate of drug-likeness (QED) is 0.683. The molecule has 1 aromatic carbocycles. The van der Waals surface area contributed by atoms with Crippen molar-refractivity contribution in [3.8, 4) is 0 Å². The van der Waals surface area contributed by atoms with E-state index in [1.54, 1.807) is 12.1 Å². The van der Waals surface area contributed by atoms with Gasteiger partial charge in [0.15, 0.2) is 0 Å². The molecular weight excluding hydrogens is 254 g/mol. The van der Waals surface area contributed by atoms with E-state index in [9.17, 15) is 10.1 Å². The smallest absolute Gasteiger partial charge is 0.269 e. The van der Waals surface area contributed by atoms with Gasteiger partial charge < -0.3 is 5.32 Å². The highest BCUT2D eigenvalue weighted by atomic mass is 16.6. The van der Waals surface area contributed by atoms with E-state index in [0.717, 1.165) is 34.9 Å². The van der Waals surface area contributed by atoms with Crippen LogP contribution in [0.25, 0.3) is 12.2 Å². The highest BCUT2D eigenvalue weighted by molar-refractivity contribution is 5.58. The Bertz CT molecular complexity index is 767. The normalized spacial score (nSPS) is 12.8. The summed E-state index contributed by atoms with van der Waals surface area (Å²) in [5.74, 6) is 0.740. The first-order chi connectivity index (χ1) is 9.72. The lowest BCUT2D eigenvalue weighted by Crippen LogP contribution is -2.30. The molecule has 1 aliphatic carbocycles. The average molecular weight is 267 g/mol. The number of nitro groups is 1. The zero-order chi connectivity index (χ0) is 13.9. The summed E-state index contributed by atoms with van der Waals surface area (Å²) in [6.45, 7) is 0. The number of hydrogen-bond acceptors (Lipinski definition) is 4. The second kappa shape index (κ2) is 5.13. The fraction of sp³-hybridized carbons (Fsp3) is 0.133. The third-order valence-corrected chi connectivity index (χ3v) is 3.18. The zero-order valence-corrected chi connectivity index (χ0v) is 10.7. The molecule has 0 radical (unpaired) electrons. The number of nitro benzene ring substituents is 1. The van der Waals surface area contributed by atoms with E-state index < -0.39 is 4.92 Å². The Labute approximate surface area is 115 Å². The second-order valence-corrected chi connectivity index (χ2v) is 4.59. The highest BCUT2D eigenvalue weighted by Crippen LogP contribution is 2.17. The molecule has 0 unspecified atom stereocenters. The molecule has 0 spiro atoms. The van der Waals surface area contributed by atoms with Crippen LogP contribution in [0.1, 0.15) is 12.8 Å². The Morgan fingerprint density at radius 3 is 2.55 bits per heavy atom. The molecule has 2 aromatic rings. The van der Waals surface area contributed by atoms with Gasteiger partial charge in [0, 0.05) is 17.8 Å². The van der Waals surface area contributed by atoms with Crippen molar-refractivity contribution in [2.24, 2.45) is 0 Å². The second-order valence-electron chi connectivity index (χ2n) is 4.59. The monoisotopic (exact) mass is 267 g/mol. The molecule has 0 saturated heterocycles. The molecular formula is C15H13N3O2. The minimum atomic E-state index is -0.411. The van der Waals surface area contributed by atoms with E-state index in [0.29, 0.717) is 0 Å². The van der Waals surface area contributed by atoms with Crippen LogP contribution in [-0.2, 0) is 0 Å². The molecule has 5 nitrogen and oxygen atoms in total. The molecule has 0 fully saturated rings. The first kappa shape index (κ1) is 12.3. The summed E-state index contributed by atoms with van der Waals surface area (Å²) in [7, 11) is 0. The third-order valence-electron chi connectivity index (χ3n) is 3.18. The highest BCUT2D eigenvalue weighted by Gasteiger charge is 2.04. The zero-order valence-electron chi connectivity index (χ0n) is 10.7. The lowest BCUT2D eigenvalue weighted by molar-refractivity contribution is -0.384. The SMILES string of the molecule is O=[N+]([O-])c1ccc(Nc2ccc3c(n2)=CCCC=3)cc1. The van der Waals surface area contributed by atoms with Gasteiger partial charge in [-0.3, -0.25) is 10.1 Å². The topological polar surface area (TPSA) is 68.1 Å². The number of fused-ring (bicyclic) bond motifs is 1. The summed E-state index contributed by atoms with van der Waals surface area (Å²) in [5, 5.41) is 15.9. The van der Waals surface area contributed by atoms with Gasteiger partial charge >= 0.3 is 0 Å². The Balaban J connectivity index is 1.86. The molecule has 1 N–H and O–H groups in total. The molecule has 3 rings (SSSR count). The number of pyridine rings is 1. The summed E-state index contributed by atoms with van der Waals surface area (Å²) in [5.41, 5.74) is 0.861. The molecule has 100 valence electrons. The Hall–Kier alpha value is -2.69. The predicted octanol–water partition coefficient (Wildman–Crippen LogP) is 2.09. The average Bonchev–Trinajstić information content (AvgIpc) is 2.48. The summed E-state index contributed by atoms with van der Waals surface area (Å²) in [4.78, 5) is 14.7. The van der Waals surface area contributed by atoms with Crippen LogP contribution in [0.2, 0.25) is 0 Å². The van der Waals surface area contributed by atoms with E-state index in [-0.39, 0.29) is 5.69 Å². The van der Waals surface area contributed by atoms with Crippen LogP contribution in [0.15, 0.2) is 36.4 Å². The third kappa shape index (κ3) is 2.51. The van der Waals surface area contributed by atoms with Crippen LogP contribution in [-0.4, -0.2) is 9.91 Å². The Morgan fingerprint density at radius 1 is 1.05 bits per heavy atom. The van der Waals surface area contributed by atoms with Crippen molar-refractivity contribution in [1.29, 1.82) is 0 Å². The molecule has 0 aliphatic heterocycles. The van der Waals surface area contributed by atoms with Gasteiger partial charge in [-0.15, -0.1) is 0 Å². The summed E-state index contributed by atoms with van der Waals surface area (Å²) >= 11 is 0. The molecule has 5 heteroatoms. The van der Waals surface area contributed by atoms with Crippen molar-refractivity contribution in [3.63, 3.8) is 0 Å². The molecule has 1 heterocycles. The van der Waals surface area contributed by atoms with Crippen molar-refractivity contribution in [1.82, 2.24) is 4.98 Å². The van der Waals surface area contributed by atoms with E-state index in [1.165, 1.54) is 12.1 Å². The molecule has 0 atom stereocenters. The van der Waals surface area contributed by atoms with Crippen LogP contribution in [0.4, 0.5) is 17.2 Å². The van der Waals surface area contributed by atoms with Crippen LogP contribution in [0.3, 0.4) is 0 Å². The van der Waals surface area contributed by atoms with Gasteiger partial charge in [-0.1, -0.05) is 12.2 Å². The summed E-state index contributed by atoms with van der Waals surface area (Å²) in [6.07, 6.45) is 6.37. The van der Waals surface area contributed by atoms with Gasteiger partial charge in [0.2, 0.25) is 0 Å². The van der Waals surface area contributed by atoms with Crippen LogP contribution < -0.4 is 15.9 Å². The summed E-state index contributed by atoms with van der Waals surface area (Å²) < 4.78 is 0. The number of hydrogen-bond donors (Lipinski definition) is 1. The first-order valence-electron chi connectivity index (χ1n) is 6.41. The van der Waals surface area contributed by atoms with Gasteiger partial charge in [-0.05, 0) is 42.3 Å². The largest absolute Gasteiger partial charge is 0.340 e. The van der Waals surface area contributed by atoms with Crippen LogP contribution in [0, 0.1) is 10.1 Å². The van der Waals surface area contributed by atoms with Gasteiger partial charge in [-0.25, -0.2) is 4.98 Å². The van der Waals surface area contributed by atoms with Crippen LogP contribution in [0.5, 0.6) is 0 Å². The molecule has 1 aromatic heterocycles. The molecule has 20 heavy (non-hydrogen) atoms. The van der Waals surface area contributed by atoms with Gasteiger partial charge in [0.05, 0.1) is 10.3 Å². The molecule has 0 saturated carbocycles.